The van der Waals surface area contributed by atoms with E-state index >= 15 is 0 Å². The Morgan fingerprint density at radius 2 is 2.00 bits per heavy atom. The first-order valence-corrected chi connectivity index (χ1v) is 12.3. The van der Waals surface area contributed by atoms with Gasteiger partial charge in [0.1, 0.15) is 10.8 Å². The van der Waals surface area contributed by atoms with Crippen molar-refractivity contribution in [2.75, 3.05) is 48.4 Å². The molecule has 5 rings (SSSR count). The largest absolute Gasteiger partial charge is 0.381 e. The van der Waals surface area contributed by atoms with Crippen LogP contribution in [0.15, 0.2) is 34.3 Å². The lowest BCUT2D eigenvalue weighted by Gasteiger charge is -2.41. The van der Waals surface area contributed by atoms with Crippen molar-refractivity contribution >= 4 is 35.5 Å². The van der Waals surface area contributed by atoms with Crippen molar-refractivity contribution in [3.8, 4) is 0 Å². The van der Waals surface area contributed by atoms with Gasteiger partial charge in [-0.1, -0.05) is 31.7 Å². The fourth-order valence-corrected chi connectivity index (χ4v) is 5.74. The third-order valence-electron chi connectivity index (χ3n) is 6.69. The van der Waals surface area contributed by atoms with E-state index in [2.05, 4.69) is 14.9 Å². The molecule has 11 heteroatoms. The van der Waals surface area contributed by atoms with Gasteiger partial charge in [0.25, 0.3) is 5.92 Å². The number of carbonyl (C=O) groups excluding carboxylic acids is 1. The summed E-state index contributed by atoms with van der Waals surface area (Å²) in [7, 11) is 0. The summed E-state index contributed by atoms with van der Waals surface area (Å²) in [5, 5.41) is 0.349. The minimum atomic E-state index is -3.14. The second-order valence-corrected chi connectivity index (χ2v) is 9.61. The maximum atomic E-state index is 14.6. The molecule has 0 saturated carbocycles. The third kappa shape index (κ3) is 4.32. The Bertz CT molecular complexity index is 1050. The molecule has 1 atom stereocenters. The summed E-state index contributed by atoms with van der Waals surface area (Å²) in [6, 6.07) is 4.79. The van der Waals surface area contributed by atoms with Gasteiger partial charge in [-0.15, -0.1) is 0 Å². The lowest BCUT2D eigenvalue weighted by Crippen LogP contribution is -2.49. The molecule has 184 valence electrons. The smallest absolute Gasteiger partial charge is 0.293 e. The van der Waals surface area contributed by atoms with E-state index in [1.165, 1.54) is 6.07 Å². The molecule has 1 amide bonds. The molecule has 4 heterocycles. The van der Waals surface area contributed by atoms with Gasteiger partial charge in [0.2, 0.25) is 6.41 Å². The van der Waals surface area contributed by atoms with Gasteiger partial charge in [0.05, 0.1) is 37.2 Å². The van der Waals surface area contributed by atoms with Gasteiger partial charge < -0.3 is 26.0 Å². The summed E-state index contributed by atoms with van der Waals surface area (Å²) < 4.78 is 34.8. The van der Waals surface area contributed by atoms with Crippen LogP contribution in [-0.4, -0.2) is 55.3 Å². The standard InChI is InChI=1S/C21H24F2N6O2S.C2H6/c22-21(23)10-29(12-30)13-2-1-3-14(17(13)21)32-19-18(25)27-16(8-26-19)28-6-4-20(5-7-28)11-31-9-15(20)24;1-2/h1-3,8,12,15H,4-7,9-11,24H2,(H2,25,27);1-2H3. The zero-order valence-corrected chi connectivity index (χ0v) is 20.2. The quantitative estimate of drug-likeness (QED) is 0.626. The Balaban J connectivity index is 0.00000133. The van der Waals surface area contributed by atoms with Crippen LogP contribution in [0.25, 0.3) is 0 Å². The van der Waals surface area contributed by atoms with E-state index in [-0.39, 0.29) is 28.5 Å². The Labute approximate surface area is 202 Å². The van der Waals surface area contributed by atoms with Gasteiger partial charge in [0.15, 0.2) is 5.82 Å². The number of rotatable bonds is 4. The Morgan fingerprint density at radius 3 is 2.62 bits per heavy atom. The van der Waals surface area contributed by atoms with Crippen molar-refractivity contribution < 1.29 is 18.3 Å². The predicted octanol–water partition coefficient (Wildman–Crippen LogP) is 3.25. The topological polar surface area (TPSA) is 111 Å². The number of carbonyl (C=O) groups is 1. The van der Waals surface area contributed by atoms with Gasteiger partial charge in [0, 0.05) is 29.4 Å². The highest BCUT2D eigenvalue weighted by Crippen LogP contribution is 2.49. The first kappa shape index (κ1) is 24.6. The van der Waals surface area contributed by atoms with Crippen LogP contribution in [0.1, 0.15) is 32.3 Å². The molecule has 1 aromatic heterocycles. The van der Waals surface area contributed by atoms with Crippen molar-refractivity contribution in [1.82, 2.24) is 9.97 Å². The Morgan fingerprint density at radius 1 is 1.26 bits per heavy atom. The minimum Gasteiger partial charge on any atom is -0.381 e. The average molecular weight is 493 g/mol. The van der Waals surface area contributed by atoms with Crippen molar-refractivity contribution in [3.05, 3.63) is 30.0 Å². The van der Waals surface area contributed by atoms with Crippen LogP contribution in [0.3, 0.4) is 0 Å². The van der Waals surface area contributed by atoms with Crippen LogP contribution in [0.2, 0.25) is 0 Å². The van der Waals surface area contributed by atoms with Crippen LogP contribution in [0.4, 0.5) is 26.1 Å². The summed E-state index contributed by atoms with van der Waals surface area (Å²) >= 11 is 1.03. The molecule has 1 spiro atoms. The fraction of sp³-hybridized carbons (Fsp3) is 0.522. The normalized spacial score (nSPS) is 22.3. The number of fused-ring (bicyclic) bond motifs is 1. The van der Waals surface area contributed by atoms with E-state index in [0.29, 0.717) is 35.4 Å². The first-order valence-electron chi connectivity index (χ1n) is 11.4. The molecular formula is C23H30F2N6O2S. The number of amides is 1. The van der Waals surface area contributed by atoms with E-state index in [1.54, 1.807) is 18.3 Å². The molecule has 0 aliphatic carbocycles. The monoisotopic (exact) mass is 492 g/mol. The molecule has 3 aliphatic rings. The molecule has 1 aromatic carbocycles. The van der Waals surface area contributed by atoms with E-state index in [1.807, 2.05) is 13.8 Å². The number of hydrogen-bond acceptors (Lipinski definition) is 8. The lowest BCUT2D eigenvalue weighted by molar-refractivity contribution is -0.108. The van der Waals surface area contributed by atoms with Gasteiger partial charge >= 0.3 is 0 Å². The van der Waals surface area contributed by atoms with Gasteiger partial charge in [-0.25, -0.2) is 9.97 Å². The number of aromatic nitrogens is 2. The highest BCUT2D eigenvalue weighted by atomic mass is 32.2. The molecule has 8 nitrogen and oxygen atoms in total. The number of nitrogen functional groups attached to an aromatic ring is 1. The second-order valence-electron chi connectivity index (χ2n) is 8.58. The maximum absolute atomic E-state index is 14.6. The number of nitrogens with zero attached hydrogens (tertiary/aromatic N) is 4. The summed E-state index contributed by atoms with van der Waals surface area (Å²) in [4.78, 5) is 23.5. The zero-order chi connectivity index (χ0) is 24.5. The molecule has 2 aromatic rings. The van der Waals surface area contributed by atoms with E-state index in [0.717, 1.165) is 42.6 Å². The third-order valence-corrected chi connectivity index (χ3v) is 7.76. The summed E-state index contributed by atoms with van der Waals surface area (Å²) in [5.41, 5.74) is 12.5. The zero-order valence-electron chi connectivity index (χ0n) is 19.3. The number of nitrogens with two attached hydrogens (primary N) is 2. The molecule has 3 aliphatic heterocycles. The van der Waals surface area contributed by atoms with Gasteiger partial charge in [-0.2, -0.15) is 8.78 Å². The summed E-state index contributed by atoms with van der Waals surface area (Å²) in [5.74, 6) is -2.30. The summed E-state index contributed by atoms with van der Waals surface area (Å²) in [6.07, 6.45) is 3.86. The number of ether oxygens (including phenoxy) is 1. The van der Waals surface area contributed by atoms with E-state index in [9.17, 15) is 13.6 Å². The number of piperidine rings is 1. The molecule has 34 heavy (non-hydrogen) atoms. The van der Waals surface area contributed by atoms with Crippen LogP contribution in [0, 0.1) is 5.41 Å². The Kier molecular flexibility index (Phi) is 6.97. The molecular weight excluding hydrogens is 462 g/mol. The number of halogens is 2. The average Bonchev–Trinajstić information content (AvgIpc) is 3.33. The van der Waals surface area contributed by atoms with Crippen LogP contribution >= 0.6 is 11.8 Å². The maximum Gasteiger partial charge on any atom is 0.293 e. The van der Waals surface area contributed by atoms with Crippen molar-refractivity contribution in [2.24, 2.45) is 11.1 Å². The van der Waals surface area contributed by atoms with Crippen LogP contribution in [0.5, 0.6) is 0 Å². The highest BCUT2D eigenvalue weighted by molar-refractivity contribution is 7.99. The molecule has 1 unspecified atom stereocenters. The second kappa shape index (κ2) is 9.63. The SMILES string of the molecule is CC.Nc1nc(N2CCC3(CC2)COCC3N)cnc1Sc1cccc2c1C(F)(F)CN2C=O. The lowest BCUT2D eigenvalue weighted by atomic mass is 9.75. The van der Waals surface area contributed by atoms with Crippen LogP contribution in [-0.2, 0) is 15.5 Å². The predicted molar refractivity (Wildman–Crippen MR) is 128 cm³/mol. The minimum absolute atomic E-state index is 0.0274. The fourth-order valence-electron chi connectivity index (χ4n) is 4.77. The number of hydrogen-bond donors (Lipinski definition) is 2. The van der Waals surface area contributed by atoms with Gasteiger partial charge in [-0.3, -0.25) is 4.79 Å². The molecule has 0 radical (unpaired) electrons. The summed E-state index contributed by atoms with van der Waals surface area (Å²) in [6.45, 7) is 6.17. The Hall–Kier alpha value is -2.50. The molecule has 4 N–H and O–H groups in total. The molecule has 2 fully saturated rings. The molecule has 0 bridgehead atoms. The van der Waals surface area contributed by atoms with E-state index in [4.69, 9.17) is 16.2 Å². The van der Waals surface area contributed by atoms with Crippen molar-refractivity contribution in [3.63, 3.8) is 0 Å². The highest BCUT2D eigenvalue weighted by Gasteiger charge is 2.46. The number of alkyl halides is 2. The number of anilines is 3. The first-order chi connectivity index (χ1) is 16.3. The van der Waals surface area contributed by atoms with Crippen molar-refractivity contribution in [1.29, 1.82) is 0 Å². The van der Waals surface area contributed by atoms with E-state index < -0.39 is 12.5 Å². The number of benzene rings is 1. The molecule has 2 saturated heterocycles. The van der Waals surface area contributed by atoms with Gasteiger partial charge in [-0.05, 0) is 25.0 Å². The van der Waals surface area contributed by atoms with Crippen LogP contribution < -0.4 is 21.3 Å². The van der Waals surface area contributed by atoms with Crippen molar-refractivity contribution in [2.45, 2.75) is 48.6 Å².